The highest BCUT2D eigenvalue weighted by Crippen LogP contribution is 2.32. The third-order valence-electron chi connectivity index (χ3n) is 7.94. The van der Waals surface area contributed by atoms with Gasteiger partial charge < -0.3 is 52.5 Å². The smallest absolute Gasteiger partial charge is 0.508 e. The number of methoxy groups -OCH3 is 2. The summed E-state index contributed by atoms with van der Waals surface area (Å²) >= 11 is 9.53. The molecule has 8 atom stereocenters. The van der Waals surface area contributed by atoms with Crippen LogP contribution in [0.4, 0.5) is 12.9 Å². The third kappa shape index (κ3) is 29.2. The summed E-state index contributed by atoms with van der Waals surface area (Å²) in [5.41, 5.74) is 0. The van der Waals surface area contributed by atoms with Crippen LogP contribution in [-0.2, 0) is 52.3 Å². The lowest BCUT2D eigenvalue weighted by atomic mass is 9.99. The molecule has 0 aromatic heterocycles. The molecule has 0 spiro atoms. The minimum Gasteiger partial charge on any atom is -0.508 e. The van der Waals surface area contributed by atoms with Crippen molar-refractivity contribution in [3.8, 4) is 23.0 Å². The maximum absolute atomic E-state index is 11.3. The molecular formula is C41H64BCl2F3O15. The lowest BCUT2D eigenvalue weighted by Gasteiger charge is -2.20. The number of phenolic OH excluding ortho intramolecular Hbond substituents is 1. The molecule has 0 radical (unpaired) electrons. The van der Waals surface area contributed by atoms with Crippen molar-refractivity contribution in [3.05, 3.63) is 48.5 Å². The van der Waals surface area contributed by atoms with Gasteiger partial charge in [0.1, 0.15) is 60.6 Å². The van der Waals surface area contributed by atoms with Crippen molar-refractivity contribution in [1.82, 2.24) is 0 Å². The van der Waals surface area contributed by atoms with E-state index in [0.29, 0.717) is 11.5 Å². The van der Waals surface area contributed by atoms with E-state index < -0.39 is 38.0 Å². The summed E-state index contributed by atoms with van der Waals surface area (Å²) in [6.07, 6.45) is -2.46. The Morgan fingerprint density at radius 2 is 1.02 bits per heavy atom. The molecule has 2 aromatic carbocycles. The second kappa shape index (κ2) is 36.3. The Balaban J connectivity index is -0.000000785. The molecule has 1 N–H and O–H groups in total. The Labute approximate surface area is 374 Å². The van der Waals surface area contributed by atoms with Crippen molar-refractivity contribution in [2.45, 2.75) is 107 Å². The van der Waals surface area contributed by atoms with Crippen LogP contribution in [0.5, 0.6) is 23.0 Å². The van der Waals surface area contributed by atoms with Crippen molar-refractivity contribution in [2.24, 2.45) is 11.8 Å². The van der Waals surface area contributed by atoms with E-state index in [1.807, 2.05) is 34.6 Å². The van der Waals surface area contributed by atoms with Gasteiger partial charge in [0, 0.05) is 46.8 Å². The highest BCUT2D eigenvalue weighted by Gasteiger charge is 2.46. The molecular weight excluding hydrogens is 871 g/mol. The van der Waals surface area contributed by atoms with Gasteiger partial charge in [-0.3, -0.25) is 32.1 Å². The molecule has 1 unspecified atom stereocenters. The SMILES string of the molecule is C.CC(=O)OC[C@H]1O[C@@H](C)[C@H](C)[C@@H]1OC(C)=O.CCOCC.COc1ccc(O)cc1.COc1ccc(OC2O[C@H](COC(C)=O)[C@@H](OC(C)=O)[C@H]2C)cc1.ClCCl.FB(F)F. The molecule has 2 aromatic rings. The molecule has 356 valence electrons. The second-order valence-corrected chi connectivity index (χ2v) is 13.3. The zero-order valence-corrected chi connectivity index (χ0v) is 37.9. The Morgan fingerprint density at radius 3 is 1.35 bits per heavy atom. The molecule has 15 nitrogen and oxygen atoms in total. The number of carbonyl (C=O) groups excluding carboxylic acids is 4. The fraction of sp³-hybridized carbons (Fsp3) is 0.610. The van der Waals surface area contributed by atoms with Crippen molar-refractivity contribution >= 4 is 54.6 Å². The number of halogens is 5. The van der Waals surface area contributed by atoms with Crippen LogP contribution >= 0.6 is 23.2 Å². The van der Waals surface area contributed by atoms with Crippen molar-refractivity contribution in [2.75, 3.05) is 46.0 Å². The Morgan fingerprint density at radius 1 is 0.661 bits per heavy atom. The van der Waals surface area contributed by atoms with Gasteiger partial charge >= 0.3 is 31.4 Å². The van der Waals surface area contributed by atoms with Crippen LogP contribution in [-0.4, -0.2) is 119 Å². The molecule has 2 heterocycles. The standard InChI is InChI=1S/C17H22O7.C11H18O5.C7H8O2.C4H10O.CH2Cl2.CH4.BF3/c1-10-16(22-12(3)19)15(9-21-11(2)18)24-17(10)23-14-7-5-13(20-4)6-8-14;1-6-7(2)15-10(5-14-8(3)12)11(6)16-9(4)13;1-9-7-4-2-6(8)3-5-7;1-3-5-4-2;2-1-3;;2-1(3)4/h5-8,10,15-17H,9H2,1-4H3;6-7,10-11H,5H2,1-4H3;2-5,8H,1H3;3-4H2,1-2H3;1H2;1H4;/t10-,15-,16+,17?;6-,7-,10+,11-;;;;;/m10...../s1. The van der Waals surface area contributed by atoms with Crippen LogP contribution in [0.25, 0.3) is 0 Å². The quantitative estimate of drug-likeness (QED) is 0.0930. The average Bonchev–Trinajstić information content (AvgIpc) is 3.62. The van der Waals surface area contributed by atoms with Crippen LogP contribution in [0.1, 0.15) is 69.7 Å². The van der Waals surface area contributed by atoms with E-state index in [4.69, 9.17) is 75.7 Å². The second-order valence-electron chi connectivity index (χ2n) is 12.5. The number of hydrogen-bond donors (Lipinski definition) is 1. The maximum atomic E-state index is 11.3. The van der Waals surface area contributed by atoms with Crippen LogP contribution in [0, 0.1) is 11.8 Å². The Bertz CT molecular complexity index is 1480. The summed E-state index contributed by atoms with van der Waals surface area (Å²) in [5, 5.41) is 8.99. The molecule has 0 aliphatic carbocycles. The number of esters is 4. The summed E-state index contributed by atoms with van der Waals surface area (Å²) in [6, 6.07) is 13.6. The lowest BCUT2D eigenvalue weighted by molar-refractivity contribution is -0.158. The predicted octanol–water partition coefficient (Wildman–Crippen LogP) is 8.22. The van der Waals surface area contributed by atoms with E-state index in [1.165, 1.54) is 27.7 Å². The first-order chi connectivity index (χ1) is 28.7. The van der Waals surface area contributed by atoms with E-state index in [2.05, 4.69) is 0 Å². The summed E-state index contributed by atoms with van der Waals surface area (Å²) in [5.74, 6) is 0.653. The van der Waals surface area contributed by atoms with E-state index in [-0.39, 0.29) is 73.8 Å². The largest absolute Gasteiger partial charge is 0.762 e. The van der Waals surface area contributed by atoms with Crippen LogP contribution in [0.3, 0.4) is 0 Å². The van der Waals surface area contributed by atoms with Crippen LogP contribution in [0.15, 0.2) is 48.5 Å². The number of hydrogen-bond acceptors (Lipinski definition) is 15. The Hall–Kier alpha value is -4.17. The number of alkyl halides is 2. The molecule has 62 heavy (non-hydrogen) atoms. The fourth-order valence-electron chi connectivity index (χ4n) is 5.08. The summed E-state index contributed by atoms with van der Waals surface area (Å²) in [4.78, 5) is 44.0. The molecule has 21 heteroatoms. The zero-order valence-electron chi connectivity index (χ0n) is 36.4. The number of aromatic hydroxyl groups is 1. The zero-order chi connectivity index (χ0) is 47.1. The predicted molar refractivity (Wildman–Crippen MR) is 229 cm³/mol. The fourth-order valence-corrected chi connectivity index (χ4v) is 5.08. The molecule has 0 amide bonds. The van der Waals surface area contributed by atoms with E-state index in [1.54, 1.807) is 62.8 Å². The van der Waals surface area contributed by atoms with Gasteiger partial charge in [0.05, 0.1) is 31.6 Å². The molecule has 2 fully saturated rings. The van der Waals surface area contributed by atoms with E-state index in [9.17, 15) is 32.1 Å². The maximum Gasteiger partial charge on any atom is 0.762 e. The van der Waals surface area contributed by atoms with Crippen LogP contribution < -0.4 is 14.2 Å². The first-order valence-electron chi connectivity index (χ1n) is 18.9. The molecule has 2 aliphatic rings. The van der Waals surface area contributed by atoms with Gasteiger partial charge in [-0.2, -0.15) is 0 Å². The van der Waals surface area contributed by atoms with E-state index in [0.717, 1.165) is 19.0 Å². The first-order valence-corrected chi connectivity index (χ1v) is 20.0. The van der Waals surface area contributed by atoms with E-state index >= 15 is 0 Å². The lowest BCUT2D eigenvalue weighted by Crippen LogP contribution is -2.34. The summed E-state index contributed by atoms with van der Waals surface area (Å²) in [6.45, 7) is 16.8. The highest BCUT2D eigenvalue weighted by atomic mass is 35.5. The molecule has 2 saturated heterocycles. The van der Waals surface area contributed by atoms with Crippen molar-refractivity contribution < 1.29 is 84.6 Å². The van der Waals surface area contributed by atoms with Crippen LogP contribution in [0.2, 0.25) is 0 Å². The van der Waals surface area contributed by atoms with Gasteiger partial charge in [0.25, 0.3) is 0 Å². The van der Waals surface area contributed by atoms with Gasteiger partial charge in [0.2, 0.25) is 6.29 Å². The van der Waals surface area contributed by atoms with Gasteiger partial charge in [-0.25, -0.2) is 0 Å². The number of phenols is 1. The third-order valence-corrected chi connectivity index (χ3v) is 7.94. The topological polar surface area (TPSA) is 181 Å². The number of benzene rings is 2. The highest BCUT2D eigenvalue weighted by molar-refractivity contribution is 6.40. The summed E-state index contributed by atoms with van der Waals surface area (Å²) in [7, 11) is -0.492. The number of carbonyl (C=O) groups is 4. The number of rotatable bonds is 12. The van der Waals surface area contributed by atoms with Crippen molar-refractivity contribution in [1.29, 1.82) is 0 Å². The van der Waals surface area contributed by atoms with Gasteiger partial charge in [-0.15, -0.1) is 23.2 Å². The van der Waals surface area contributed by atoms with Gasteiger partial charge in [-0.1, -0.05) is 21.3 Å². The average molecular weight is 936 g/mol. The van der Waals surface area contributed by atoms with Gasteiger partial charge in [-0.05, 0) is 69.3 Å². The Kier molecular flexibility index (Phi) is 36.4. The van der Waals surface area contributed by atoms with Gasteiger partial charge in [0.15, 0.2) is 0 Å². The molecule has 0 saturated carbocycles. The minimum atomic E-state index is -3.67. The molecule has 2 aliphatic heterocycles. The minimum absolute atomic E-state index is 0. The summed E-state index contributed by atoms with van der Waals surface area (Å²) < 4.78 is 81.4. The first kappa shape index (κ1) is 62.1. The molecule has 0 bridgehead atoms. The monoisotopic (exact) mass is 934 g/mol. The van der Waals surface area contributed by atoms with Crippen molar-refractivity contribution in [3.63, 3.8) is 0 Å². The molecule has 4 rings (SSSR count). The normalized spacial score (nSPS) is 21.4. The number of ether oxygens (including phenoxy) is 10.